The summed E-state index contributed by atoms with van der Waals surface area (Å²) in [7, 11) is 0. The van der Waals surface area contributed by atoms with Gasteiger partial charge in [0.1, 0.15) is 11.3 Å². The summed E-state index contributed by atoms with van der Waals surface area (Å²) in [5, 5.41) is 11.1. The molecule has 0 saturated heterocycles. The second kappa shape index (κ2) is 3.14. The summed E-state index contributed by atoms with van der Waals surface area (Å²) in [5.41, 5.74) is 2.38. The maximum absolute atomic E-state index is 9.59. The van der Waals surface area contributed by atoms with E-state index in [1.165, 1.54) is 0 Å². The first kappa shape index (κ1) is 9.28. The number of hydrogen-bond donors (Lipinski definition) is 1. The van der Waals surface area contributed by atoms with Crippen molar-refractivity contribution in [2.75, 3.05) is 0 Å². The molecule has 14 heavy (non-hydrogen) atoms. The topological polar surface area (TPSA) is 33.1 Å². The second-order valence-electron chi connectivity index (χ2n) is 3.31. The van der Waals surface area contributed by atoms with Gasteiger partial charge >= 0.3 is 0 Å². The van der Waals surface area contributed by atoms with Crippen molar-refractivity contribution in [2.45, 2.75) is 13.8 Å². The zero-order valence-electron chi connectivity index (χ0n) is 8.00. The van der Waals surface area contributed by atoms with Crippen molar-refractivity contribution in [2.24, 2.45) is 0 Å². The van der Waals surface area contributed by atoms with Gasteiger partial charge < -0.3 is 5.11 Å². The Kier molecular flexibility index (Phi) is 2.08. The molecule has 1 N–H and O–H groups in total. The number of aromatic hydroxyl groups is 1. The van der Waals surface area contributed by atoms with Crippen molar-refractivity contribution in [3.63, 3.8) is 0 Å². The van der Waals surface area contributed by atoms with E-state index in [1.54, 1.807) is 12.1 Å². The molecule has 0 atom stereocenters. The Hall–Kier alpha value is -1.28. The van der Waals surface area contributed by atoms with Gasteiger partial charge in [0.25, 0.3) is 0 Å². The lowest BCUT2D eigenvalue weighted by atomic mass is 10.1. The van der Waals surface area contributed by atoms with Gasteiger partial charge in [-0.3, -0.25) is 0 Å². The molecule has 0 unspecified atom stereocenters. The van der Waals surface area contributed by atoms with Gasteiger partial charge in [0.05, 0.1) is 5.02 Å². The molecule has 0 fully saturated rings. The molecular weight excluding hydrogens is 198 g/mol. The zero-order chi connectivity index (χ0) is 10.3. The minimum absolute atomic E-state index is 0.174. The molecular formula is C11H10ClNO. The van der Waals surface area contributed by atoms with Crippen molar-refractivity contribution >= 4 is 22.5 Å². The Morgan fingerprint density at radius 1 is 1.29 bits per heavy atom. The average molecular weight is 208 g/mol. The number of halogens is 1. The molecule has 1 heterocycles. The van der Waals surface area contributed by atoms with Crippen LogP contribution in [0.15, 0.2) is 18.2 Å². The lowest BCUT2D eigenvalue weighted by molar-refractivity contribution is 0.480. The van der Waals surface area contributed by atoms with Gasteiger partial charge in [-0.05, 0) is 25.5 Å². The van der Waals surface area contributed by atoms with E-state index in [0.717, 1.165) is 16.6 Å². The Morgan fingerprint density at radius 3 is 2.71 bits per heavy atom. The number of hydrogen-bond acceptors (Lipinski definition) is 2. The summed E-state index contributed by atoms with van der Waals surface area (Å²) in [6.45, 7) is 3.81. The van der Waals surface area contributed by atoms with Gasteiger partial charge in [-0.1, -0.05) is 23.7 Å². The lowest BCUT2D eigenvalue weighted by Gasteiger charge is -2.07. The maximum Gasteiger partial charge on any atom is 0.141 e. The van der Waals surface area contributed by atoms with E-state index < -0.39 is 0 Å². The van der Waals surface area contributed by atoms with Gasteiger partial charge in [-0.25, -0.2) is 4.98 Å². The van der Waals surface area contributed by atoms with Crippen LogP contribution in [-0.2, 0) is 0 Å². The number of nitrogens with zero attached hydrogens (tertiary/aromatic N) is 1. The van der Waals surface area contributed by atoms with Gasteiger partial charge in [-0.2, -0.15) is 0 Å². The first-order chi connectivity index (χ1) is 6.61. The van der Waals surface area contributed by atoms with E-state index in [0.29, 0.717) is 10.5 Å². The summed E-state index contributed by atoms with van der Waals surface area (Å²) < 4.78 is 0. The van der Waals surface area contributed by atoms with Crippen LogP contribution in [0.25, 0.3) is 10.9 Å². The minimum atomic E-state index is 0.174. The highest BCUT2D eigenvalue weighted by atomic mass is 35.5. The van der Waals surface area contributed by atoms with Crippen molar-refractivity contribution in [3.05, 3.63) is 34.5 Å². The van der Waals surface area contributed by atoms with Crippen molar-refractivity contribution < 1.29 is 5.11 Å². The molecule has 0 aliphatic carbocycles. The highest BCUT2D eigenvalue weighted by molar-refractivity contribution is 6.36. The van der Waals surface area contributed by atoms with Crippen molar-refractivity contribution in [1.29, 1.82) is 0 Å². The summed E-state index contributed by atoms with van der Waals surface area (Å²) >= 11 is 6.15. The van der Waals surface area contributed by atoms with Crippen LogP contribution in [0.2, 0.25) is 5.02 Å². The van der Waals surface area contributed by atoms with Crippen molar-refractivity contribution in [3.8, 4) is 5.75 Å². The van der Waals surface area contributed by atoms with Crippen LogP contribution in [0.5, 0.6) is 5.75 Å². The van der Waals surface area contributed by atoms with Crippen LogP contribution in [0.3, 0.4) is 0 Å². The molecule has 0 bridgehead atoms. The molecule has 2 nitrogen and oxygen atoms in total. The number of fused-ring (bicyclic) bond motifs is 1. The number of aryl methyl sites for hydroxylation is 1. The molecule has 72 valence electrons. The monoisotopic (exact) mass is 207 g/mol. The molecule has 0 amide bonds. The first-order valence-corrected chi connectivity index (χ1v) is 4.73. The number of para-hydroxylation sites is 1. The van der Waals surface area contributed by atoms with Crippen LogP contribution < -0.4 is 0 Å². The summed E-state index contributed by atoms with van der Waals surface area (Å²) in [6.07, 6.45) is 0. The number of benzene rings is 1. The Balaban J connectivity index is 2.98. The highest BCUT2D eigenvalue weighted by Gasteiger charge is 2.09. The van der Waals surface area contributed by atoms with Crippen LogP contribution >= 0.6 is 11.6 Å². The molecule has 1 aromatic carbocycles. The van der Waals surface area contributed by atoms with E-state index >= 15 is 0 Å². The van der Waals surface area contributed by atoms with E-state index in [4.69, 9.17) is 11.6 Å². The maximum atomic E-state index is 9.59. The third-order valence-corrected chi connectivity index (χ3v) is 2.89. The van der Waals surface area contributed by atoms with Crippen LogP contribution in [0, 0.1) is 13.8 Å². The van der Waals surface area contributed by atoms with E-state index in [-0.39, 0.29) is 5.75 Å². The molecule has 0 radical (unpaired) electrons. The fourth-order valence-corrected chi connectivity index (χ4v) is 1.73. The number of pyridine rings is 1. The average Bonchev–Trinajstić information content (AvgIpc) is 2.17. The SMILES string of the molecule is Cc1nc2c(O)cccc2c(Cl)c1C. The molecule has 2 rings (SSSR count). The van der Waals surface area contributed by atoms with Crippen LogP contribution in [0.4, 0.5) is 0 Å². The van der Waals surface area contributed by atoms with Crippen LogP contribution in [0.1, 0.15) is 11.3 Å². The zero-order valence-corrected chi connectivity index (χ0v) is 8.76. The predicted molar refractivity (Wildman–Crippen MR) is 57.9 cm³/mol. The summed E-state index contributed by atoms with van der Waals surface area (Å²) in [5.74, 6) is 0.174. The summed E-state index contributed by atoms with van der Waals surface area (Å²) in [4.78, 5) is 4.30. The number of phenols is 1. The predicted octanol–water partition coefficient (Wildman–Crippen LogP) is 3.21. The molecule has 0 aliphatic heterocycles. The lowest BCUT2D eigenvalue weighted by Crippen LogP contribution is -1.90. The van der Waals surface area contributed by atoms with Gasteiger partial charge in [-0.15, -0.1) is 0 Å². The Bertz CT molecular complexity index is 508. The first-order valence-electron chi connectivity index (χ1n) is 4.35. The Morgan fingerprint density at radius 2 is 2.00 bits per heavy atom. The van der Waals surface area contributed by atoms with E-state index in [1.807, 2.05) is 19.9 Å². The molecule has 0 spiro atoms. The molecule has 0 aliphatic rings. The normalized spacial score (nSPS) is 10.8. The molecule has 1 aromatic heterocycles. The van der Waals surface area contributed by atoms with E-state index in [2.05, 4.69) is 4.98 Å². The van der Waals surface area contributed by atoms with Gasteiger partial charge in [0, 0.05) is 11.1 Å². The third kappa shape index (κ3) is 1.23. The number of phenolic OH excluding ortho intramolecular Hbond substituents is 1. The fraction of sp³-hybridized carbons (Fsp3) is 0.182. The van der Waals surface area contributed by atoms with Gasteiger partial charge in [0.2, 0.25) is 0 Å². The fourth-order valence-electron chi connectivity index (χ4n) is 1.44. The van der Waals surface area contributed by atoms with E-state index in [9.17, 15) is 5.11 Å². The molecule has 0 saturated carbocycles. The third-order valence-electron chi connectivity index (χ3n) is 2.40. The molecule has 3 heteroatoms. The quantitative estimate of drug-likeness (QED) is 0.720. The van der Waals surface area contributed by atoms with Gasteiger partial charge in [0.15, 0.2) is 0 Å². The molecule has 2 aromatic rings. The number of rotatable bonds is 0. The van der Waals surface area contributed by atoms with Crippen molar-refractivity contribution in [1.82, 2.24) is 4.98 Å². The smallest absolute Gasteiger partial charge is 0.141 e. The summed E-state index contributed by atoms with van der Waals surface area (Å²) in [6, 6.07) is 5.23. The van der Waals surface area contributed by atoms with Crippen LogP contribution in [-0.4, -0.2) is 10.1 Å². The number of aromatic nitrogens is 1. The Labute approximate surface area is 87.2 Å². The second-order valence-corrected chi connectivity index (χ2v) is 3.69. The minimum Gasteiger partial charge on any atom is -0.506 e. The standard InChI is InChI=1S/C11H10ClNO/c1-6-7(2)13-11-8(10(6)12)4-3-5-9(11)14/h3-5,14H,1-2H3. The largest absolute Gasteiger partial charge is 0.506 e. The highest BCUT2D eigenvalue weighted by Crippen LogP contribution is 2.31.